The minimum atomic E-state index is -0.521. The van der Waals surface area contributed by atoms with Crippen LogP contribution in [-0.2, 0) is 11.4 Å². The van der Waals surface area contributed by atoms with E-state index in [4.69, 9.17) is 9.47 Å². The molecule has 5 nitrogen and oxygen atoms in total. The van der Waals surface area contributed by atoms with Crippen molar-refractivity contribution in [3.8, 4) is 17.6 Å². The molecule has 162 valence electrons. The van der Waals surface area contributed by atoms with Crippen LogP contribution in [0, 0.1) is 17.1 Å². The Hall–Kier alpha value is -3.63. The van der Waals surface area contributed by atoms with Crippen LogP contribution in [0.1, 0.15) is 18.1 Å². The molecular formula is C25H20BrFN2O3. The van der Waals surface area contributed by atoms with Crippen LogP contribution in [0.3, 0.4) is 0 Å². The van der Waals surface area contributed by atoms with Crippen LogP contribution in [0.2, 0.25) is 0 Å². The molecule has 1 N–H and O–H groups in total. The van der Waals surface area contributed by atoms with Crippen LogP contribution in [-0.4, -0.2) is 12.5 Å². The highest BCUT2D eigenvalue weighted by Gasteiger charge is 2.12. The number of halogens is 2. The van der Waals surface area contributed by atoms with E-state index in [0.717, 1.165) is 4.47 Å². The zero-order chi connectivity index (χ0) is 22.9. The maximum atomic E-state index is 13.8. The van der Waals surface area contributed by atoms with Gasteiger partial charge in [0.25, 0.3) is 5.91 Å². The first-order chi connectivity index (χ1) is 15.5. The Balaban J connectivity index is 1.78. The topological polar surface area (TPSA) is 71.3 Å². The molecule has 1 amide bonds. The molecule has 0 heterocycles. The minimum absolute atomic E-state index is 0.0426. The van der Waals surface area contributed by atoms with Gasteiger partial charge in [0.2, 0.25) is 0 Å². The van der Waals surface area contributed by atoms with E-state index in [0.29, 0.717) is 34.9 Å². The fourth-order valence-electron chi connectivity index (χ4n) is 2.82. The molecule has 0 aromatic heterocycles. The molecule has 0 fully saturated rings. The van der Waals surface area contributed by atoms with Crippen LogP contribution >= 0.6 is 15.9 Å². The second-order valence-electron chi connectivity index (χ2n) is 6.65. The number of ether oxygens (including phenoxy) is 2. The molecule has 3 rings (SSSR count). The van der Waals surface area contributed by atoms with Gasteiger partial charge in [-0.25, -0.2) is 4.39 Å². The fourth-order valence-corrected chi connectivity index (χ4v) is 3.08. The number of anilines is 1. The zero-order valence-electron chi connectivity index (χ0n) is 17.3. The third-order valence-electron chi connectivity index (χ3n) is 4.39. The highest BCUT2D eigenvalue weighted by Crippen LogP contribution is 2.30. The van der Waals surface area contributed by atoms with Crippen molar-refractivity contribution in [3.05, 3.63) is 93.7 Å². The maximum Gasteiger partial charge on any atom is 0.266 e. The average molecular weight is 495 g/mol. The van der Waals surface area contributed by atoms with Gasteiger partial charge in [0, 0.05) is 15.7 Å². The zero-order valence-corrected chi connectivity index (χ0v) is 18.9. The number of nitrogens with one attached hydrogen (secondary N) is 1. The third-order valence-corrected chi connectivity index (χ3v) is 4.92. The van der Waals surface area contributed by atoms with Gasteiger partial charge in [-0.3, -0.25) is 4.79 Å². The predicted molar refractivity (Wildman–Crippen MR) is 125 cm³/mol. The van der Waals surface area contributed by atoms with Crippen LogP contribution in [0.4, 0.5) is 10.1 Å². The van der Waals surface area contributed by atoms with Crippen LogP contribution < -0.4 is 14.8 Å². The summed E-state index contributed by atoms with van der Waals surface area (Å²) in [6.45, 7) is 2.26. The van der Waals surface area contributed by atoms with Gasteiger partial charge in [0.15, 0.2) is 11.5 Å². The normalized spacial score (nSPS) is 10.9. The second kappa shape index (κ2) is 11.1. The summed E-state index contributed by atoms with van der Waals surface area (Å²) in [5.41, 5.74) is 1.53. The molecule has 3 aromatic rings. The van der Waals surface area contributed by atoms with Gasteiger partial charge in [0.1, 0.15) is 24.1 Å². The second-order valence-corrected chi connectivity index (χ2v) is 7.57. The summed E-state index contributed by atoms with van der Waals surface area (Å²) in [5, 5.41) is 12.2. The van der Waals surface area contributed by atoms with E-state index in [9.17, 15) is 14.4 Å². The van der Waals surface area contributed by atoms with E-state index in [1.807, 2.05) is 13.0 Å². The lowest BCUT2D eigenvalue weighted by Crippen LogP contribution is -2.13. The van der Waals surface area contributed by atoms with Gasteiger partial charge in [0.05, 0.1) is 6.61 Å². The Bertz CT molecular complexity index is 1170. The molecule has 0 aliphatic carbocycles. The summed E-state index contributed by atoms with van der Waals surface area (Å²) in [6.07, 6.45) is 1.47. The maximum absolute atomic E-state index is 13.8. The van der Waals surface area contributed by atoms with Gasteiger partial charge in [-0.05, 0) is 61.0 Å². The number of hydrogen-bond acceptors (Lipinski definition) is 4. The molecule has 0 saturated heterocycles. The molecule has 7 heteroatoms. The van der Waals surface area contributed by atoms with E-state index < -0.39 is 5.91 Å². The average Bonchev–Trinajstić information content (AvgIpc) is 2.79. The number of hydrogen-bond donors (Lipinski definition) is 1. The Morgan fingerprint density at radius 1 is 1.09 bits per heavy atom. The summed E-state index contributed by atoms with van der Waals surface area (Å²) < 4.78 is 26.1. The van der Waals surface area contributed by atoms with Crippen molar-refractivity contribution in [2.75, 3.05) is 11.9 Å². The molecule has 0 spiro atoms. The van der Waals surface area contributed by atoms with E-state index in [-0.39, 0.29) is 18.0 Å². The van der Waals surface area contributed by atoms with E-state index in [1.165, 1.54) is 12.1 Å². The number of carbonyl (C=O) groups is 1. The van der Waals surface area contributed by atoms with Crippen molar-refractivity contribution in [2.24, 2.45) is 0 Å². The molecule has 3 aromatic carbocycles. The number of rotatable bonds is 8. The van der Waals surface area contributed by atoms with Crippen molar-refractivity contribution in [3.63, 3.8) is 0 Å². The molecule has 0 aliphatic rings. The molecule has 0 radical (unpaired) electrons. The molecular weight excluding hydrogens is 475 g/mol. The third kappa shape index (κ3) is 6.19. The first kappa shape index (κ1) is 23.0. The minimum Gasteiger partial charge on any atom is -0.490 e. The molecule has 0 atom stereocenters. The highest BCUT2D eigenvalue weighted by atomic mass is 79.9. The van der Waals surface area contributed by atoms with Crippen LogP contribution in [0.25, 0.3) is 6.08 Å². The first-order valence-electron chi connectivity index (χ1n) is 9.82. The molecule has 0 unspecified atom stereocenters. The van der Waals surface area contributed by atoms with E-state index in [2.05, 4.69) is 21.2 Å². The van der Waals surface area contributed by atoms with Gasteiger partial charge < -0.3 is 14.8 Å². The largest absolute Gasteiger partial charge is 0.490 e. The quantitative estimate of drug-likeness (QED) is 0.302. The molecule has 0 aliphatic heterocycles. The fraction of sp³-hybridized carbons (Fsp3) is 0.120. The first-order valence-corrected chi connectivity index (χ1v) is 10.6. The monoisotopic (exact) mass is 494 g/mol. The Labute approximate surface area is 194 Å². The predicted octanol–water partition coefficient (Wildman–Crippen LogP) is 6.11. The lowest BCUT2D eigenvalue weighted by molar-refractivity contribution is -0.112. The molecule has 0 saturated carbocycles. The SMILES string of the molecule is CCOc1cc(/C=C(/C#N)C(=O)Nc2ccc(Br)cc2)ccc1OCc1ccccc1F. The lowest BCUT2D eigenvalue weighted by Gasteiger charge is -2.13. The highest BCUT2D eigenvalue weighted by molar-refractivity contribution is 9.10. The summed E-state index contributed by atoms with van der Waals surface area (Å²) in [5.74, 6) is 0.00129. The van der Waals surface area contributed by atoms with E-state index >= 15 is 0 Å². The summed E-state index contributed by atoms with van der Waals surface area (Å²) in [4.78, 5) is 12.5. The lowest BCUT2D eigenvalue weighted by atomic mass is 10.1. The standard InChI is InChI=1S/C25H20BrFN2O3/c1-2-31-24-14-17(7-12-23(24)32-16-18-5-3-4-6-22(18)27)13-19(15-28)25(30)29-21-10-8-20(26)9-11-21/h3-14H,2,16H2,1H3,(H,29,30)/b19-13-. The molecule has 0 bridgehead atoms. The van der Waals surface area contributed by atoms with Crippen LogP contribution in [0.5, 0.6) is 11.5 Å². The van der Waals surface area contributed by atoms with Gasteiger partial charge in [-0.2, -0.15) is 5.26 Å². The summed E-state index contributed by atoms with van der Waals surface area (Å²) in [6, 6.07) is 20.4. The van der Waals surface area contributed by atoms with Crippen molar-refractivity contribution in [2.45, 2.75) is 13.5 Å². The van der Waals surface area contributed by atoms with Gasteiger partial charge in [-0.15, -0.1) is 0 Å². The van der Waals surface area contributed by atoms with Crippen molar-refractivity contribution >= 4 is 33.6 Å². The number of carbonyl (C=O) groups excluding carboxylic acids is 1. The summed E-state index contributed by atoms with van der Waals surface area (Å²) >= 11 is 3.33. The van der Waals surface area contributed by atoms with Gasteiger partial charge in [-0.1, -0.05) is 40.2 Å². The van der Waals surface area contributed by atoms with Crippen LogP contribution in [0.15, 0.2) is 76.8 Å². The number of amides is 1. The Kier molecular flexibility index (Phi) is 8.01. The smallest absolute Gasteiger partial charge is 0.266 e. The number of nitriles is 1. The van der Waals surface area contributed by atoms with Gasteiger partial charge >= 0.3 is 0 Å². The Morgan fingerprint density at radius 2 is 1.84 bits per heavy atom. The number of benzene rings is 3. The Morgan fingerprint density at radius 3 is 2.53 bits per heavy atom. The van der Waals surface area contributed by atoms with Crippen molar-refractivity contribution < 1.29 is 18.7 Å². The number of nitrogens with zero attached hydrogens (tertiary/aromatic N) is 1. The van der Waals surface area contributed by atoms with Crippen molar-refractivity contribution in [1.29, 1.82) is 5.26 Å². The summed E-state index contributed by atoms with van der Waals surface area (Å²) in [7, 11) is 0. The van der Waals surface area contributed by atoms with E-state index in [1.54, 1.807) is 60.7 Å². The molecule has 32 heavy (non-hydrogen) atoms. The van der Waals surface area contributed by atoms with Crippen molar-refractivity contribution in [1.82, 2.24) is 0 Å².